The number of rotatable bonds is 5. The summed E-state index contributed by atoms with van der Waals surface area (Å²) in [6.45, 7) is 3.18. The molecule has 1 aromatic carbocycles. The summed E-state index contributed by atoms with van der Waals surface area (Å²) in [6.07, 6.45) is 2.97. The second kappa shape index (κ2) is 6.36. The molecule has 96 valence electrons. The van der Waals surface area contributed by atoms with Gasteiger partial charge in [0.05, 0.1) is 18.9 Å². The van der Waals surface area contributed by atoms with E-state index in [4.69, 9.17) is 10.00 Å². The third kappa shape index (κ3) is 3.96. The largest absolute Gasteiger partial charge is 0.492 e. The lowest BCUT2D eigenvalue weighted by atomic mass is 10.2. The zero-order chi connectivity index (χ0) is 13.5. The van der Waals surface area contributed by atoms with Crippen molar-refractivity contribution in [3.05, 3.63) is 47.9 Å². The lowest BCUT2D eigenvalue weighted by Crippen LogP contribution is -2.12. The molecule has 2 rings (SSSR count). The maximum absolute atomic E-state index is 8.60. The predicted molar refractivity (Wildman–Crippen MR) is 71.9 cm³/mol. The molecule has 0 aliphatic carbocycles. The van der Waals surface area contributed by atoms with Gasteiger partial charge in [-0.2, -0.15) is 5.26 Å². The molecule has 0 aliphatic heterocycles. The molecule has 0 unspecified atom stereocenters. The third-order valence-electron chi connectivity index (χ3n) is 2.43. The molecule has 5 heteroatoms. The first kappa shape index (κ1) is 12.8. The molecular formula is C14H14N4O. The fourth-order valence-electron chi connectivity index (χ4n) is 1.53. The van der Waals surface area contributed by atoms with Crippen LogP contribution in [0.15, 0.2) is 36.7 Å². The Morgan fingerprint density at radius 1 is 1.32 bits per heavy atom. The Morgan fingerprint density at radius 3 is 2.89 bits per heavy atom. The Balaban J connectivity index is 1.76. The number of benzene rings is 1. The SMILES string of the molecule is Cc1cccc(OCCNc2cnc(C#N)cn2)c1. The quantitative estimate of drug-likeness (QED) is 0.828. The molecule has 0 saturated carbocycles. The van der Waals surface area contributed by atoms with E-state index < -0.39 is 0 Å². The van der Waals surface area contributed by atoms with E-state index in [1.165, 1.54) is 18.0 Å². The van der Waals surface area contributed by atoms with Crippen molar-refractivity contribution in [2.75, 3.05) is 18.5 Å². The van der Waals surface area contributed by atoms with Crippen LogP contribution in [0.5, 0.6) is 5.75 Å². The van der Waals surface area contributed by atoms with Gasteiger partial charge in [-0.05, 0) is 24.6 Å². The first-order valence-corrected chi connectivity index (χ1v) is 5.93. The van der Waals surface area contributed by atoms with E-state index in [1.807, 2.05) is 37.3 Å². The summed E-state index contributed by atoms with van der Waals surface area (Å²) >= 11 is 0. The lowest BCUT2D eigenvalue weighted by Gasteiger charge is -2.08. The molecule has 0 amide bonds. The summed E-state index contributed by atoms with van der Waals surface area (Å²) in [5.41, 5.74) is 1.48. The van der Waals surface area contributed by atoms with Crippen LogP contribution in [0.1, 0.15) is 11.3 Å². The molecule has 0 radical (unpaired) electrons. The Labute approximate surface area is 111 Å². The molecule has 1 heterocycles. The molecule has 19 heavy (non-hydrogen) atoms. The summed E-state index contributed by atoms with van der Waals surface area (Å²) in [6, 6.07) is 9.82. The minimum atomic E-state index is 0.307. The molecule has 0 bridgehead atoms. The number of hydrogen-bond donors (Lipinski definition) is 1. The van der Waals surface area contributed by atoms with Crippen LogP contribution in [0, 0.1) is 18.3 Å². The van der Waals surface area contributed by atoms with Gasteiger partial charge >= 0.3 is 0 Å². The summed E-state index contributed by atoms with van der Waals surface area (Å²) in [5, 5.41) is 11.7. The highest BCUT2D eigenvalue weighted by atomic mass is 16.5. The molecule has 0 saturated heterocycles. The summed E-state index contributed by atoms with van der Waals surface area (Å²) in [7, 11) is 0. The van der Waals surface area contributed by atoms with Gasteiger partial charge in [-0.1, -0.05) is 12.1 Å². The second-order valence-corrected chi connectivity index (χ2v) is 3.99. The number of hydrogen-bond acceptors (Lipinski definition) is 5. The van der Waals surface area contributed by atoms with Gasteiger partial charge in [-0.3, -0.25) is 0 Å². The number of nitrogens with zero attached hydrogens (tertiary/aromatic N) is 3. The van der Waals surface area contributed by atoms with E-state index in [0.717, 1.165) is 5.75 Å². The normalized spacial score (nSPS) is 9.68. The first-order chi connectivity index (χ1) is 9.28. The average molecular weight is 254 g/mol. The molecule has 0 fully saturated rings. The number of nitriles is 1. The topological polar surface area (TPSA) is 70.8 Å². The highest BCUT2D eigenvalue weighted by molar-refractivity contribution is 5.33. The molecule has 0 atom stereocenters. The third-order valence-corrected chi connectivity index (χ3v) is 2.43. The van der Waals surface area contributed by atoms with Crippen molar-refractivity contribution in [2.24, 2.45) is 0 Å². The van der Waals surface area contributed by atoms with Crippen LogP contribution in [0.4, 0.5) is 5.82 Å². The number of aromatic nitrogens is 2. The minimum absolute atomic E-state index is 0.307. The summed E-state index contributed by atoms with van der Waals surface area (Å²) < 4.78 is 5.59. The van der Waals surface area contributed by atoms with E-state index in [2.05, 4.69) is 15.3 Å². The van der Waals surface area contributed by atoms with Gasteiger partial charge in [-0.25, -0.2) is 9.97 Å². The van der Waals surface area contributed by atoms with Crippen LogP contribution in [-0.2, 0) is 0 Å². The molecule has 1 N–H and O–H groups in total. The first-order valence-electron chi connectivity index (χ1n) is 5.93. The Morgan fingerprint density at radius 2 is 2.21 bits per heavy atom. The summed E-state index contributed by atoms with van der Waals surface area (Å²) in [4.78, 5) is 7.98. The van der Waals surface area contributed by atoms with Gasteiger partial charge < -0.3 is 10.1 Å². The monoisotopic (exact) mass is 254 g/mol. The highest BCUT2D eigenvalue weighted by Crippen LogP contribution is 2.11. The van der Waals surface area contributed by atoms with Crippen LogP contribution in [0.3, 0.4) is 0 Å². The lowest BCUT2D eigenvalue weighted by molar-refractivity contribution is 0.332. The maximum Gasteiger partial charge on any atom is 0.158 e. The predicted octanol–water partition coefficient (Wildman–Crippen LogP) is 2.15. The average Bonchev–Trinajstić information content (AvgIpc) is 2.44. The molecule has 0 aliphatic rings. The molecule has 5 nitrogen and oxygen atoms in total. The van der Waals surface area contributed by atoms with Crippen LogP contribution < -0.4 is 10.1 Å². The van der Waals surface area contributed by atoms with Gasteiger partial charge in [0.2, 0.25) is 0 Å². The Hall–Kier alpha value is -2.61. The smallest absolute Gasteiger partial charge is 0.158 e. The van der Waals surface area contributed by atoms with E-state index in [9.17, 15) is 0 Å². The molecule has 1 aromatic heterocycles. The number of ether oxygens (including phenoxy) is 1. The fraction of sp³-hybridized carbons (Fsp3) is 0.214. The van der Waals surface area contributed by atoms with E-state index in [-0.39, 0.29) is 0 Å². The highest BCUT2D eigenvalue weighted by Gasteiger charge is 1.97. The molecular weight excluding hydrogens is 240 g/mol. The van der Waals surface area contributed by atoms with Gasteiger partial charge in [-0.15, -0.1) is 0 Å². The van der Waals surface area contributed by atoms with Gasteiger partial charge in [0.15, 0.2) is 5.69 Å². The van der Waals surface area contributed by atoms with Crippen LogP contribution in [0.2, 0.25) is 0 Å². The second-order valence-electron chi connectivity index (χ2n) is 3.99. The number of anilines is 1. The van der Waals surface area contributed by atoms with E-state index in [1.54, 1.807) is 0 Å². The zero-order valence-corrected chi connectivity index (χ0v) is 10.6. The number of aryl methyl sites for hydroxylation is 1. The van der Waals surface area contributed by atoms with Crippen molar-refractivity contribution in [3.8, 4) is 11.8 Å². The van der Waals surface area contributed by atoms with Gasteiger partial charge in [0.1, 0.15) is 24.2 Å². The maximum atomic E-state index is 8.60. The van der Waals surface area contributed by atoms with Gasteiger partial charge in [0, 0.05) is 0 Å². The zero-order valence-electron chi connectivity index (χ0n) is 10.6. The van der Waals surface area contributed by atoms with Crippen molar-refractivity contribution < 1.29 is 4.74 Å². The Kier molecular flexibility index (Phi) is 4.29. The van der Waals surface area contributed by atoms with E-state index >= 15 is 0 Å². The summed E-state index contributed by atoms with van der Waals surface area (Å²) in [5.74, 6) is 1.49. The molecule has 2 aromatic rings. The van der Waals surface area contributed by atoms with Crippen LogP contribution in [-0.4, -0.2) is 23.1 Å². The fourth-order valence-corrected chi connectivity index (χ4v) is 1.53. The van der Waals surface area contributed by atoms with Crippen molar-refractivity contribution >= 4 is 5.82 Å². The molecule has 0 spiro atoms. The van der Waals surface area contributed by atoms with Crippen molar-refractivity contribution in [3.63, 3.8) is 0 Å². The minimum Gasteiger partial charge on any atom is -0.492 e. The van der Waals surface area contributed by atoms with Crippen LogP contribution in [0.25, 0.3) is 0 Å². The van der Waals surface area contributed by atoms with Crippen LogP contribution >= 0.6 is 0 Å². The van der Waals surface area contributed by atoms with Crippen molar-refractivity contribution in [2.45, 2.75) is 6.92 Å². The van der Waals surface area contributed by atoms with Crippen molar-refractivity contribution in [1.82, 2.24) is 9.97 Å². The van der Waals surface area contributed by atoms with Crippen molar-refractivity contribution in [1.29, 1.82) is 5.26 Å². The Bertz CT molecular complexity index is 575. The van der Waals surface area contributed by atoms with Gasteiger partial charge in [0.25, 0.3) is 0 Å². The number of nitrogens with one attached hydrogen (secondary N) is 1. The van der Waals surface area contributed by atoms with E-state index in [0.29, 0.717) is 24.7 Å². The standard InChI is InChI=1S/C14H14N4O/c1-11-3-2-4-13(7-11)19-6-5-16-14-10-17-12(8-15)9-18-14/h2-4,7,9-10H,5-6H2,1H3,(H,16,18).